The van der Waals surface area contributed by atoms with Crippen molar-refractivity contribution in [2.24, 2.45) is 0 Å². The van der Waals surface area contributed by atoms with E-state index < -0.39 is 11.7 Å². The van der Waals surface area contributed by atoms with Crippen LogP contribution in [0, 0.1) is 6.07 Å². The highest BCUT2D eigenvalue weighted by atomic mass is 19.4. The van der Waals surface area contributed by atoms with Crippen LogP contribution < -0.4 is 4.74 Å². The number of halogens is 3. The summed E-state index contributed by atoms with van der Waals surface area (Å²) in [6.45, 7) is 0. The van der Waals surface area contributed by atoms with Gasteiger partial charge in [0.25, 0.3) is 0 Å². The van der Waals surface area contributed by atoms with Crippen molar-refractivity contribution in [2.45, 2.75) is 6.18 Å². The lowest BCUT2D eigenvalue weighted by molar-refractivity contribution is -0.138. The van der Waals surface area contributed by atoms with Gasteiger partial charge in [0.1, 0.15) is 17.1 Å². The molecule has 0 saturated heterocycles. The molecule has 0 saturated carbocycles. The summed E-state index contributed by atoms with van der Waals surface area (Å²) in [6, 6.07) is 18.8. The fourth-order valence-electron chi connectivity index (χ4n) is 2.13. The third-order valence-corrected chi connectivity index (χ3v) is 3.07. The normalized spacial score (nSPS) is 11.6. The molecule has 3 rings (SSSR count). The minimum Gasteiger partial charge on any atom is -0.456 e. The molecule has 0 atom stereocenters. The fourth-order valence-corrected chi connectivity index (χ4v) is 2.13. The Balaban J connectivity index is 2.08. The average Bonchev–Trinajstić information content (AvgIpc) is 2.47. The van der Waals surface area contributed by atoms with Crippen LogP contribution in [0.5, 0.6) is 11.5 Å². The van der Waals surface area contributed by atoms with Gasteiger partial charge in [0.2, 0.25) is 0 Å². The number of hydrogen-bond donors (Lipinski definition) is 0. The number of benzene rings is 3. The van der Waals surface area contributed by atoms with Gasteiger partial charge >= 0.3 is 6.18 Å². The van der Waals surface area contributed by atoms with E-state index in [1.165, 1.54) is 18.2 Å². The number of rotatable bonds is 2. The summed E-state index contributed by atoms with van der Waals surface area (Å²) in [4.78, 5) is 0. The number of alkyl halides is 3. The highest BCUT2D eigenvalue weighted by Crippen LogP contribution is 2.39. The second-order valence-corrected chi connectivity index (χ2v) is 4.49. The van der Waals surface area contributed by atoms with Crippen LogP contribution in [-0.4, -0.2) is 0 Å². The molecule has 0 amide bonds. The topological polar surface area (TPSA) is 9.23 Å². The molecule has 1 nitrogen and oxygen atoms in total. The zero-order valence-electron chi connectivity index (χ0n) is 10.8. The molecule has 0 aromatic heterocycles. The van der Waals surface area contributed by atoms with Crippen LogP contribution in [0.1, 0.15) is 5.56 Å². The zero-order valence-corrected chi connectivity index (χ0v) is 10.8. The monoisotopic (exact) mass is 287 g/mol. The van der Waals surface area contributed by atoms with Gasteiger partial charge in [0.15, 0.2) is 0 Å². The van der Waals surface area contributed by atoms with Crippen LogP contribution in [0.4, 0.5) is 13.2 Å². The Kier molecular flexibility index (Phi) is 3.29. The summed E-state index contributed by atoms with van der Waals surface area (Å²) in [5, 5.41) is 1.67. The highest BCUT2D eigenvalue weighted by molar-refractivity contribution is 5.88. The quantitative estimate of drug-likeness (QED) is 0.609. The Hall–Kier alpha value is -2.49. The standard InChI is InChI=1S/C17H10F3O/c18-17(19,20)14-9-3-4-10-16(14)21-15-11-5-7-12-6-1-2-8-13(12)15/h1-8,10-11H. The maximum absolute atomic E-state index is 13.0. The van der Waals surface area contributed by atoms with Gasteiger partial charge in [-0.3, -0.25) is 0 Å². The van der Waals surface area contributed by atoms with Crippen LogP contribution in [0.3, 0.4) is 0 Å². The van der Waals surface area contributed by atoms with E-state index in [-0.39, 0.29) is 5.75 Å². The van der Waals surface area contributed by atoms with Crippen LogP contribution in [0.2, 0.25) is 0 Å². The first-order valence-electron chi connectivity index (χ1n) is 6.29. The van der Waals surface area contributed by atoms with Crippen molar-refractivity contribution in [2.75, 3.05) is 0 Å². The van der Waals surface area contributed by atoms with Crippen LogP contribution in [0.15, 0.2) is 60.7 Å². The van der Waals surface area contributed by atoms with E-state index in [1.807, 2.05) is 30.3 Å². The van der Waals surface area contributed by atoms with Crippen LogP contribution in [0.25, 0.3) is 10.8 Å². The Labute approximate surface area is 119 Å². The molecule has 21 heavy (non-hydrogen) atoms. The SMILES string of the molecule is FC(F)(F)c1[c]cccc1Oc1cccc2ccccc12. The second-order valence-electron chi connectivity index (χ2n) is 4.49. The maximum Gasteiger partial charge on any atom is 0.420 e. The molecular formula is C17H10F3O. The van der Waals surface area contributed by atoms with Crippen molar-refractivity contribution < 1.29 is 17.9 Å². The average molecular weight is 287 g/mol. The van der Waals surface area contributed by atoms with Crippen LogP contribution in [-0.2, 0) is 6.18 Å². The molecule has 3 aromatic rings. The minimum atomic E-state index is -4.50. The number of fused-ring (bicyclic) bond motifs is 1. The zero-order chi connectivity index (χ0) is 14.9. The molecule has 0 heterocycles. The smallest absolute Gasteiger partial charge is 0.420 e. The van der Waals surface area contributed by atoms with Gasteiger partial charge in [-0.1, -0.05) is 48.5 Å². The lowest BCUT2D eigenvalue weighted by atomic mass is 10.1. The summed E-state index contributed by atoms with van der Waals surface area (Å²) in [7, 11) is 0. The lowest BCUT2D eigenvalue weighted by Crippen LogP contribution is -2.07. The Bertz CT molecular complexity index is 773. The predicted molar refractivity (Wildman–Crippen MR) is 74.3 cm³/mol. The summed E-state index contributed by atoms with van der Waals surface area (Å²) < 4.78 is 44.4. The molecule has 3 aromatic carbocycles. The molecule has 105 valence electrons. The molecule has 0 N–H and O–H groups in total. The van der Waals surface area contributed by atoms with E-state index in [0.717, 1.165) is 10.8 Å². The maximum atomic E-state index is 13.0. The minimum absolute atomic E-state index is 0.249. The van der Waals surface area contributed by atoms with E-state index in [9.17, 15) is 13.2 Å². The first-order chi connectivity index (χ1) is 10.1. The van der Waals surface area contributed by atoms with E-state index in [1.54, 1.807) is 12.1 Å². The Morgan fingerprint density at radius 1 is 0.810 bits per heavy atom. The van der Waals surface area contributed by atoms with E-state index in [4.69, 9.17) is 4.74 Å². The van der Waals surface area contributed by atoms with Crippen molar-refractivity contribution in [1.82, 2.24) is 0 Å². The number of hydrogen-bond acceptors (Lipinski definition) is 1. The summed E-state index contributed by atoms with van der Waals surface area (Å²) in [5.74, 6) is 0.138. The Morgan fingerprint density at radius 2 is 1.52 bits per heavy atom. The van der Waals surface area contributed by atoms with E-state index >= 15 is 0 Å². The van der Waals surface area contributed by atoms with Crippen molar-refractivity contribution >= 4 is 10.8 Å². The molecule has 4 heteroatoms. The molecule has 0 aliphatic carbocycles. The predicted octanol–water partition coefficient (Wildman–Crippen LogP) is 5.45. The first-order valence-corrected chi connectivity index (χ1v) is 6.29. The van der Waals surface area contributed by atoms with Gasteiger partial charge in [-0.25, -0.2) is 0 Å². The molecule has 0 unspecified atom stereocenters. The van der Waals surface area contributed by atoms with Gasteiger partial charge < -0.3 is 4.74 Å². The van der Waals surface area contributed by atoms with Gasteiger partial charge in [-0.05, 0) is 23.6 Å². The van der Waals surface area contributed by atoms with Crippen molar-refractivity contribution in [3.63, 3.8) is 0 Å². The van der Waals surface area contributed by atoms with Gasteiger partial charge in [0.05, 0.1) is 0 Å². The highest BCUT2D eigenvalue weighted by Gasteiger charge is 2.34. The molecule has 0 spiro atoms. The van der Waals surface area contributed by atoms with Gasteiger partial charge in [0, 0.05) is 5.39 Å². The van der Waals surface area contributed by atoms with Gasteiger partial charge in [-0.2, -0.15) is 13.2 Å². The lowest BCUT2D eigenvalue weighted by Gasteiger charge is -2.14. The van der Waals surface area contributed by atoms with Crippen molar-refractivity contribution in [3.05, 3.63) is 72.3 Å². The third-order valence-electron chi connectivity index (χ3n) is 3.07. The second kappa shape index (κ2) is 5.13. The molecule has 0 aliphatic rings. The summed E-state index contributed by atoms with van der Waals surface area (Å²) in [5.41, 5.74) is -0.905. The third kappa shape index (κ3) is 2.70. The van der Waals surface area contributed by atoms with Crippen LogP contribution >= 0.6 is 0 Å². The Morgan fingerprint density at radius 3 is 2.33 bits per heavy atom. The molecular weight excluding hydrogens is 277 g/mol. The molecule has 0 fully saturated rings. The molecule has 0 bridgehead atoms. The van der Waals surface area contributed by atoms with E-state index in [0.29, 0.717) is 5.75 Å². The molecule has 0 aliphatic heterocycles. The van der Waals surface area contributed by atoms with Gasteiger partial charge in [-0.15, -0.1) is 0 Å². The summed E-state index contributed by atoms with van der Waals surface area (Å²) >= 11 is 0. The number of ether oxygens (including phenoxy) is 1. The van der Waals surface area contributed by atoms with Crippen molar-refractivity contribution in [3.8, 4) is 11.5 Å². The largest absolute Gasteiger partial charge is 0.456 e. The molecule has 1 radical (unpaired) electrons. The summed E-state index contributed by atoms with van der Waals surface area (Å²) in [6.07, 6.45) is -4.50. The van der Waals surface area contributed by atoms with E-state index in [2.05, 4.69) is 6.07 Å². The fraction of sp³-hybridized carbons (Fsp3) is 0.0588. The van der Waals surface area contributed by atoms with Crippen molar-refractivity contribution in [1.29, 1.82) is 0 Å². The first kappa shape index (κ1) is 13.5.